The van der Waals surface area contributed by atoms with Crippen molar-refractivity contribution >= 4 is 56.6 Å². The van der Waals surface area contributed by atoms with E-state index in [1.54, 1.807) is 11.8 Å². The Balaban J connectivity index is 2.35. The second kappa shape index (κ2) is 11.0. The normalized spacial score (nSPS) is 12.1. The minimum atomic E-state index is -0.705. The van der Waals surface area contributed by atoms with Crippen LogP contribution in [0.5, 0.6) is 0 Å². The number of nitrogens with one attached hydrogen (secondary N) is 1. The molecular formula is C24H28Cl2N4O4S. The van der Waals surface area contributed by atoms with Gasteiger partial charge in [-0.25, -0.2) is 9.36 Å². The van der Waals surface area contributed by atoms with Crippen LogP contribution in [0.15, 0.2) is 27.8 Å². The highest BCUT2D eigenvalue weighted by atomic mass is 35.5. The van der Waals surface area contributed by atoms with Gasteiger partial charge in [0.05, 0.1) is 26.0 Å². The molecule has 11 heteroatoms. The summed E-state index contributed by atoms with van der Waals surface area (Å²) in [5.74, 6) is -0.595. The number of halogens is 2. The maximum absolute atomic E-state index is 13.6. The Morgan fingerprint density at radius 2 is 1.77 bits per heavy atom. The number of rotatable bonds is 8. The third-order valence-corrected chi connectivity index (χ3v) is 7.98. The van der Waals surface area contributed by atoms with Gasteiger partial charge in [0.1, 0.15) is 11.4 Å². The highest BCUT2D eigenvalue weighted by Crippen LogP contribution is 2.30. The second-order valence-electron chi connectivity index (χ2n) is 8.20. The number of aromatic nitrogens is 2. The Bertz CT molecular complexity index is 1410. The van der Waals surface area contributed by atoms with Gasteiger partial charge in [0.25, 0.3) is 11.5 Å². The van der Waals surface area contributed by atoms with Crippen LogP contribution < -0.4 is 16.6 Å². The molecule has 1 N–H and O–H groups in total. The maximum atomic E-state index is 13.6. The van der Waals surface area contributed by atoms with E-state index in [1.165, 1.54) is 22.8 Å². The van der Waals surface area contributed by atoms with Crippen molar-refractivity contribution in [2.24, 2.45) is 0 Å². The van der Waals surface area contributed by atoms with E-state index in [0.29, 0.717) is 23.5 Å². The number of hydrogen-bond donors (Lipinski definition) is 1. The zero-order chi connectivity index (χ0) is 26.0. The zero-order valence-electron chi connectivity index (χ0n) is 20.3. The number of aryl methyl sites for hydroxylation is 1. The molecule has 0 aliphatic heterocycles. The molecule has 1 aromatic carbocycles. The van der Waals surface area contributed by atoms with Crippen molar-refractivity contribution in [1.29, 1.82) is 0 Å². The fraction of sp³-hybridized carbons (Fsp3) is 0.417. The molecule has 2 amide bonds. The van der Waals surface area contributed by atoms with E-state index in [4.69, 9.17) is 23.2 Å². The molecular weight excluding hydrogens is 511 g/mol. The number of hydrogen-bond acceptors (Lipinski definition) is 5. The predicted molar refractivity (Wildman–Crippen MR) is 142 cm³/mol. The van der Waals surface area contributed by atoms with Crippen molar-refractivity contribution in [3.05, 3.63) is 59.5 Å². The van der Waals surface area contributed by atoms with Crippen molar-refractivity contribution in [3.63, 3.8) is 0 Å². The first-order valence-corrected chi connectivity index (χ1v) is 13.0. The van der Waals surface area contributed by atoms with E-state index in [1.807, 2.05) is 27.7 Å². The molecule has 0 bridgehead atoms. The number of thiophene rings is 1. The van der Waals surface area contributed by atoms with Crippen LogP contribution in [0.25, 0.3) is 15.9 Å². The molecule has 35 heavy (non-hydrogen) atoms. The molecule has 1 atom stereocenters. The highest BCUT2D eigenvalue weighted by Gasteiger charge is 2.26. The molecule has 3 aromatic rings. The monoisotopic (exact) mass is 538 g/mol. The third-order valence-electron chi connectivity index (χ3n) is 5.94. The fourth-order valence-electron chi connectivity index (χ4n) is 3.76. The highest BCUT2D eigenvalue weighted by molar-refractivity contribution is 7.20. The molecule has 8 nitrogen and oxygen atoms in total. The number of fused-ring (bicyclic) bond motifs is 1. The average molecular weight is 539 g/mol. The van der Waals surface area contributed by atoms with Crippen molar-refractivity contribution in [3.8, 4) is 5.69 Å². The van der Waals surface area contributed by atoms with Crippen LogP contribution in [0.2, 0.25) is 10.0 Å². The first-order valence-electron chi connectivity index (χ1n) is 11.4. The Hall–Kier alpha value is -2.62. The van der Waals surface area contributed by atoms with Crippen LogP contribution in [-0.2, 0) is 11.3 Å². The van der Waals surface area contributed by atoms with Gasteiger partial charge in [0.2, 0.25) is 5.91 Å². The molecule has 2 aromatic heterocycles. The molecule has 0 fully saturated rings. The Kier molecular flexibility index (Phi) is 8.46. The summed E-state index contributed by atoms with van der Waals surface area (Å²) in [6, 6.07) is 4.34. The molecule has 1 unspecified atom stereocenters. The van der Waals surface area contributed by atoms with Gasteiger partial charge in [0, 0.05) is 19.1 Å². The van der Waals surface area contributed by atoms with Gasteiger partial charge in [-0.2, -0.15) is 0 Å². The maximum Gasteiger partial charge on any atom is 0.337 e. The van der Waals surface area contributed by atoms with Crippen molar-refractivity contribution in [1.82, 2.24) is 19.4 Å². The Morgan fingerprint density at radius 3 is 2.34 bits per heavy atom. The number of nitrogens with zero attached hydrogens (tertiary/aromatic N) is 3. The van der Waals surface area contributed by atoms with Gasteiger partial charge in [0.15, 0.2) is 0 Å². The predicted octanol–water partition coefficient (Wildman–Crippen LogP) is 4.23. The van der Waals surface area contributed by atoms with Gasteiger partial charge in [-0.15, -0.1) is 11.3 Å². The lowest BCUT2D eigenvalue weighted by atomic mass is 10.2. The number of benzene rings is 1. The van der Waals surface area contributed by atoms with Crippen LogP contribution in [-0.4, -0.2) is 45.0 Å². The van der Waals surface area contributed by atoms with Gasteiger partial charge in [-0.1, -0.05) is 30.1 Å². The van der Waals surface area contributed by atoms with E-state index in [-0.39, 0.29) is 50.4 Å². The van der Waals surface area contributed by atoms with Crippen molar-refractivity contribution in [2.45, 2.75) is 53.6 Å². The SMILES string of the molecule is CCC(C)NC(=O)Cn1c(=O)n(-c2ccc(Cl)c(Cl)c2)c(=O)c2c(C)c(C(=O)N(CC)CC)sc21. The van der Waals surface area contributed by atoms with E-state index in [9.17, 15) is 19.2 Å². The first-order chi connectivity index (χ1) is 16.5. The molecule has 0 radical (unpaired) electrons. The lowest BCUT2D eigenvalue weighted by Crippen LogP contribution is -2.42. The largest absolute Gasteiger partial charge is 0.352 e. The number of amides is 2. The lowest BCUT2D eigenvalue weighted by molar-refractivity contribution is -0.122. The summed E-state index contributed by atoms with van der Waals surface area (Å²) >= 11 is 13.2. The third kappa shape index (κ3) is 5.17. The standard InChI is InChI=1S/C24H28Cl2N4O4S/c1-6-13(4)27-18(31)12-29-23-19(14(5)20(35-23)22(33)28(7-2)8-3)21(32)30(24(29)34)15-9-10-16(25)17(26)11-15/h9-11,13H,6-8,12H2,1-5H3,(H,27,31). The van der Waals surface area contributed by atoms with Crippen molar-refractivity contribution < 1.29 is 9.59 Å². The lowest BCUT2D eigenvalue weighted by Gasteiger charge is -2.17. The topological polar surface area (TPSA) is 93.4 Å². The van der Waals surface area contributed by atoms with Gasteiger partial charge in [-0.3, -0.25) is 19.0 Å². The Labute approximate surface area is 217 Å². The van der Waals surface area contributed by atoms with Gasteiger partial charge >= 0.3 is 5.69 Å². The zero-order valence-corrected chi connectivity index (χ0v) is 22.6. The summed E-state index contributed by atoms with van der Waals surface area (Å²) in [4.78, 5) is 55.5. The summed E-state index contributed by atoms with van der Waals surface area (Å²) in [7, 11) is 0. The molecule has 0 saturated heterocycles. The Morgan fingerprint density at radius 1 is 1.11 bits per heavy atom. The first kappa shape index (κ1) is 27.0. The molecule has 2 heterocycles. The van der Waals surface area contributed by atoms with E-state index in [0.717, 1.165) is 22.3 Å². The van der Waals surface area contributed by atoms with E-state index < -0.39 is 11.2 Å². The number of carbonyl (C=O) groups excluding carboxylic acids is 2. The van der Waals surface area contributed by atoms with Crippen LogP contribution >= 0.6 is 34.5 Å². The molecule has 0 saturated carbocycles. The summed E-state index contributed by atoms with van der Waals surface area (Å²) in [5, 5.41) is 3.51. The second-order valence-corrected chi connectivity index (χ2v) is 10.0. The molecule has 0 aliphatic carbocycles. The van der Waals surface area contributed by atoms with Crippen molar-refractivity contribution in [2.75, 3.05) is 13.1 Å². The van der Waals surface area contributed by atoms with Crippen LogP contribution in [0.3, 0.4) is 0 Å². The van der Waals surface area contributed by atoms with Crippen LogP contribution in [0.4, 0.5) is 0 Å². The number of carbonyl (C=O) groups is 2. The smallest absolute Gasteiger partial charge is 0.337 e. The summed E-state index contributed by atoms with van der Waals surface area (Å²) in [6.45, 7) is 9.93. The fourth-order valence-corrected chi connectivity index (χ4v) is 5.31. The van der Waals surface area contributed by atoms with Gasteiger partial charge < -0.3 is 10.2 Å². The molecule has 3 rings (SSSR count). The van der Waals surface area contributed by atoms with Crippen LogP contribution in [0.1, 0.15) is 49.4 Å². The molecule has 188 valence electrons. The molecule has 0 spiro atoms. The van der Waals surface area contributed by atoms with E-state index >= 15 is 0 Å². The van der Waals surface area contributed by atoms with E-state index in [2.05, 4.69) is 5.32 Å². The summed E-state index contributed by atoms with van der Waals surface area (Å²) in [6.07, 6.45) is 0.722. The van der Waals surface area contributed by atoms with Gasteiger partial charge in [-0.05, 0) is 57.9 Å². The summed E-state index contributed by atoms with van der Waals surface area (Å²) < 4.78 is 2.21. The molecule has 0 aliphatic rings. The summed E-state index contributed by atoms with van der Waals surface area (Å²) in [5.41, 5.74) is -0.607. The minimum Gasteiger partial charge on any atom is -0.352 e. The quantitative estimate of drug-likeness (QED) is 0.464. The average Bonchev–Trinajstić information content (AvgIpc) is 3.16. The van der Waals surface area contributed by atoms with Crippen LogP contribution in [0, 0.1) is 6.92 Å². The minimum absolute atomic E-state index is 0.0838.